The number of halogens is 1. The van der Waals surface area contributed by atoms with E-state index >= 15 is 0 Å². The molecule has 0 unspecified atom stereocenters. The summed E-state index contributed by atoms with van der Waals surface area (Å²) in [7, 11) is 0. The fraction of sp³-hybridized carbons (Fsp3) is 0.500. The van der Waals surface area contributed by atoms with Gasteiger partial charge in [0.15, 0.2) is 0 Å². The van der Waals surface area contributed by atoms with Crippen molar-refractivity contribution in [3.8, 4) is 0 Å². The largest absolute Gasteiger partial charge is 0.386 e. The van der Waals surface area contributed by atoms with E-state index in [9.17, 15) is 14.3 Å². The molecule has 0 radical (unpaired) electrons. The first kappa shape index (κ1) is 17.3. The summed E-state index contributed by atoms with van der Waals surface area (Å²) in [4.78, 5) is 18.0. The summed E-state index contributed by atoms with van der Waals surface area (Å²) < 4.78 is 17.6. The standard InChI is InChI=1S/C16H20FN5O3/c1-11-13(21-25-20-11)7-15(23)19-9-16(24)5-2-6-22(10-16)14-4-3-12(17)8-18-14/h3-4,8,24H,2,5-7,9-10H2,1H3,(H,19,23)/t16-/m0/s1. The summed E-state index contributed by atoms with van der Waals surface area (Å²) in [5.74, 6) is -0.0553. The molecule has 8 nitrogen and oxygen atoms in total. The van der Waals surface area contributed by atoms with E-state index in [-0.39, 0.29) is 18.9 Å². The highest BCUT2D eigenvalue weighted by atomic mass is 19.1. The SMILES string of the molecule is Cc1nonc1CC(=O)NC[C@@]1(O)CCCN(c2ccc(F)cn2)C1. The van der Waals surface area contributed by atoms with Crippen molar-refractivity contribution in [3.63, 3.8) is 0 Å². The van der Waals surface area contributed by atoms with Gasteiger partial charge >= 0.3 is 0 Å². The summed E-state index contributed by atoms with van der Waals surface area (Å²) in [6.07, 6.45) is 2.51. The number of piperidine rings is 1. The molecule has 2 aromatic heterocycles. The molecule has 9 heteroatoms. The molecule has 3 rings (SSSR count). The number of carbonyl (C=O) groups excluding carboxylic acids is 1. The lowest BCUT2D eigenvalue weighted by molar-refractivity contribution is -0.121. The third kappa shape index (κ3) is 4.30. The fourth-order valence-electron chi connectivity index (χ4n) is 2.89. The molecule has 1 saturated heterocycles. The van der Waals surface area contributed by atoms with Gasteiger partial charge in [-0.3, -0.25) is 4.79 Å². The second-order valence-corrected chi connectivity index (χ2v) is 6.33. The zero-order chi connectivity index (χ0) is 17.9. The minimum absolute atomic E-state index is 0.0502. The molecule has 25 heavy (non-hydrogen) atoms. The van der Waals surface area contributed by atoms with Crippen molar-refractivity contribution in [2.45, 2.75) is 31.8 Å². The number of pyridine rings is 1. The smallest absolute Gasteiger partial charge is 0.226 e. The Balaban J connectivity index is 1.56. The van der Waals surface area contributed by atoms with Crippen molar-refractivity contribution in [3.05, 3.63) is 35.5 Å². The van der Waals surface area contributed by atoms with Gasteiger partial charge < -0.3 is 15.3 Å². The van der Waals surface area contributed by atoms with Crippen LogP contribution in [0.15, 0.2) is 23.0 Å². The van der Waals surface area contributed by atoms with Crippen molar-refractivity contribution in [1.82, 2.24) is 20.6 Å². The molecule has 0 bridgehead atoms. The van der Waals surface area contributed by atoms with Crippen molar-refractivity contribution < 1.29 is 18.9 Å². The first-order valence-electron chi connectivity index (χ1n) is 8.09. The molecule has 1 fully saturated rings. The maximum Gasteiger partial charge on any atom is 0.226 e. The van der Waals surface area contributed by atoms with E-state index in [0.29, 0.717) is 30.2 Å². The van der Waals surface area contributed by atoms with Gasteiger partial charge in [0.1, 0.15) is 23.0 Å². The van der Waals surface area contributed by atoms with Gasteiger partial charge in [-0.15, -0.1) is 0 Å². The van der Waals surface area contributed by atoms with Crippen LogP contribution in [0.5, 0.6) is 0 Å². The van der Waals surface area contributed by atoms with Crippen LogP contribution >= 0.6 is 0 Å². The fourth-order valence-corrected chi connectivity index (χ4v) is 2.89. The Morgan fingerprint density at radius 2 is 2.32 bits per heavy atom. The van der Waals surface area contributed by atoms with Crippen LogP contribution in [0.1, 0.15) is 24.2 Å². The number of rotatable bonds is 5. The van der Waals surface area contributed by atoms with Crippen molar-refractivity contribution in [1.29, 1.82) is 0 Å². The average molecular weight is 349 g/mol. The van der Waals surface area contributed by atoms with Crippen LogP contribution in [0, 0.1) is 12.7 Å². The quantitative estimate of drug-likeness (QED) is 0.814. The van der Waals surface area contributed by atoms with E-state index in [2.05, 4.69) is 25.2 Å². The Labute approximate surface area is 144 Å². The highest BCUT2D eigenvalue weighted by Crippen LogP contribution is 2.24. The molecule has 1 aliphatic heterocycles. The molecule has 0 aromatic carbocycles. The average Bonchev–Trinajstić information content (AvgIpc) is 2.99. The Hall–Kier alpha value is -2.55. The first-order valence-corrected chi connectivity index (χ1v) is 8.09. The van der Waals surface area contributed by atoms with E-state index < -0.39 is 11.4 Å². The normalized spacial score (nSPS) is 20.5. The van der Waals surface area contributed by atoms with E-state index in [0.717, 1.165) is 19.2 Å². The Morgan fingerprint density at radius 1 is 1.48 bits per heavy atom. The Bertz CT molecular complexity index is 736. The van der Waals surface area contributed by atoms with E-state index in [1.165, 1.54) is 6.07 Å². The van der Waals surface area contributed by atoms with Gasteiger partial charge in [-0.05, 0) is 31.9 Å². The maximum atomic E-state index is 13.0. The number of anilines is 1. The molecule has 0 aliphatic carbocycles. The van der Waals surface area contributed by atoms with Gasteiger partial charge in [0.25, 0.3) is 0 Å². The Morgan fingerprint density at radius 3 is 3.00 bits per heavy atom. The predicted molar refractivity (Wildman–Crippen MR) is 86.3 cm³/mol. The summed E-state index contributed by atoms with van der Waals surface area (Å²) >= 11 is 0. The molecule has 0 spiro atoms. The molecule has 0 saturated carbocycles. The van der Waals surface area contributed by atoms with Crippen molar-refractivity contribution in [2.75, 3.05) is 24.5 Å². The molecular formula is C16H20FN5O3. The number of nitrogens with zero attached hydrogens (tertiary/aromatic N) is 4. The number of aliphatic hydroxyl groups is 1. The number of hydrogen-bond acceptors (Lipinski definition) is 7. The van der Waals surface area contributed by atoms with Crippen LogP contribution < -0.4 is 10.2 Å². The number of aryl methyl sites for hydroxylation is 1. The predicted octanol–water partition coefficient (Wildman–Crippen LogP) is 0.602. The lowest BCUT2D eigenvalue weighted by Gasteiger charge is -2.39. The third-order valence-corrected chi connectivity index (χ3v) is 4.28. The minimum Gasteiger partial charge on any atom is -0.386 e. The highest BCUT2D eigenvalue weighted by Gasteiger charge is 2.34. The van der Waals surface area contributed by atoms with Crippen LogP contribution in [-0.2, 0) is 11.2 Å². The molecule has 3 heterocycles. The number of amides is 1. The van der Waals surface area contributed by atoms with Crippen LogP contribution in [0.25, 0.3) is 0 Å². The molecule has 2 N–H and O–H groups in total. The molecule has 134 valence electrons. The maximum absolute atomic E-state index is 13.0. The summed E-state index contributed by atoms with van der Waals surface area (Å²) in [6, 6.07) is 2.92. The molecule has 1 amide bonds. The monoisotopic (exact) mass is 349 g/mol. The van der Waals surface area contributed by atoms with Gasteiger partial charge in [0.2, 0.25) is 5.91 Å². The van der Waals surface area contributed by atoms with E-state index in [1.807, 2.05) is 4.90 Å². The van der Waals surface area contributed by atoms with Crippen LogP contribution in [0.2, 0.25) is 0 Å². The van der Waals surface area contributed by atoms with Crippen LogP contribution in [-0.4, -0.2) is 51.5 Å². The lowest BCUT2D eigenvalue weighted by Crippen LogP contribution is -2.54. The number of aromatic nitrogens is 3. The molecular weight excluding hydrogens is 329 g/mol. The van der Waals surface area contributed by atoms with Crippen LogP contribution in [0.3, 0.4) is 0 Å². The molecule has 1 aliphatic rings. The first-order chi connectivity index (χ1) is 12.0. The number of carbonyl (C=O) groups is 1. The van der Waals surface area contributed by atoms with Crippen molar-refractivity contribution >= 4 is 11.7 Å². The zero-order valence-electron chi connectivity index (χ0n) is 13.9. The molecule has 1 atom stereocenters. The minimum atomic E-state index is -1.07. The second kappa shape index (κ2) is 7.14. The summed E-state index contributed by atoms with van der Waals surface area (Å²) in [5, 5.41) is 20.8. The molecule has 2 aromatic rings. The number of β-amino-alcohol motifs (C(OH)–C–C–N with tert-alkyl or cyclic N) is 1. The number of nitrogens with one attached hydrogen (secondary N) is 1. The van der Waals surface area contributed by atoms with Crippen molar-refractivity contribution in [2.24, 2.45) is 0 Å². The van der Waals surface area contributed by atoms with E-state index in [1.54, 1.807) is 13.0 Å². The number of hydrogen-bond donors (Lipinski definition) is 2. The van der Waals surface area contributed by atoms with Gasteiger partial charge in [0.05, 0.1) is 18.2 Å². The van der Waals surface area contributed by atoms with Gasteiger partial charge in [-0.25, -0.2) is 14.0 Å². The third-order valence-electron chi connectivity index (χ3n) is 4.28. The van der Waals surface area contributed by atoms with E-state index in [4.69, 9.17) is 0 Å². The topological polar surface area (TPSA) is 104 Å². The van der Waals surface area contributed by atoms with Gasteiger partial charge in [0, 0.05) is 19.6 Å². The second-order valence-electron chi connectivity index (χ2n) is 6.33. The summed E-state index contributed by atoms with van der Waals surface area (Å²) in [5.41, 5.74) is -0.0217. The van der Waals surface area contributed by atoms with Crippen LogP contribution in [0.4, 0.5) is 10.2 Å². The highest BCUT2D eigenvalue weighted by molar-refractivity contribution is 5.78. The van der Waals surface area contributed by atoms with Gasteiger partial charge in [-0.1, -0.05) is 10.3 Å². The zero-order valence-corrected chi connectivity index (χ0v) is 13.9. The lowest BCUT2D eigenvalue weighted by atomic mass is 9.92. The van der Waals surface area contributed by atoms with Gasteiger partial charge in [-0.2, -0.15) is 0 Å². The summed E-state index contributed by atoms with van der Waals surface area (Å²) in [6.45, 7) is 2.87. The Kier molecular flexibility index (Phi) is 4.93.